The molecule has 0 bridgehead atoms. The van der Waals surface area contributed by atoms with Crippen molar-refractivity contribution in [1.82, 2.24) is 5.32 Å². The molecule has 1 heterocycles. The maximum absolute atomic E-state index is 13.3. The quantitative estimate of drug-likeness (QED) is 0.650. The fraction of sp³-hybridized carbons (Fsp3) is 0.190. The average molecular weight is 368 g/mol. The third-order valence-electron chi connectivity index (χ3n) is 4.24. The second-order valence-electron chi connectivity index (χ2n) is 6.19. The Morgan fingerprint density at radius 1 is 1.04 bits per heavy atom. The Hall–Kier alpha value is -2.50. The van der Waals surface area contributed by atoms with Crippen LogP contribution in [0.15, 0.2) is 66.0 Å². The van der Waals surface area contributed by atoms with Crippen LogP contribution in [0.3, 0.4) is 0 Å². The molecule has 5 heteroatoms. The van der Waals surface area contributed by atoms with Crippen LogP contribution in [0.25, 0.3) is 0 Å². The Labute approximate surface area is 156 Å². The first-order chi connectivity index (χ1) is 12.5. The average Bonchev–Trinajstić information content (AvgIpc) is 3.16. The van der Waals surface area contributed by atoms with Gasteiger partial charge in [0.15, 0.2) is 0 Å². The smallest absolute Gasteiger partial charge is 0.241 e. The normalized spacial score (nSPS) is 13.2. The van der Waals surface area contributed by atoms with Crippen LogP contribution in [-0.2, 0) is 4.79 Å². The molecule has 0 aliphatic heterocycles. The van der Waals surface area contributed by atoms with Gasteiger partial charge in [-0.05, 0) is 54.6 Å². The van der Waals surface area contributed by atoms with Gasteiger partial charge in [0.25, 0.3) is 0 Å². The molecule has 0 aliphatic rings. The van der Waals surface area contributed by atoms with Gasteiger partial charge in [0.1, 0.15) is 5.82 Å². The molecule has 0 unspecified atom stereocenters. The minimum absolute atomic E-state index is 0.108. The second-order valence-corrected chi connectivity index (χ2v) is 7.17. The number of carbonyl (C=O) groups excluding carboxylic acids is 1. The fourth-order valence-electron chi connectivity index (χ4n) is 2.73. The van der Waals surface area contributed by atoms with Crippen LogP contribution in [-0.4, -0.2) is 11.9 Å². The summed E-state index contributed by atoms with van der Waals surface area (Å²) in [5.41, 5.74) is 2.74. The number of carbonyl (C=O) groups is 1. The van der Waals surface area contributed by atoms with Gasteiger partial charge in [-0.3, -0.25) is 10.1 Å². The molecule has 3 aromatic rings. The number of amides is 1. The predicted molar refractivity (Wildman–Crippen MR) is 105 cm³/mol. The maximum Gasteiger partial charge on any atom is 0.241 e. The number of anilines is 1. The second kappa shape index (κ2) is 8.25. The summed E-state index contributed by atoms with van der Waals surface area (Å²) in [6.07, 6.45) is 0. The van der Waals surface area contributed by atoms with Crippen LogP contribution in [0.2, 0.25) is 0 Å². The minimum Gasteiger partial charge on any atom is -0.324 e. The number of para-hydroxylation sites is 1. The number of rotatable bonds is 6. The highest BCUT2D eigenvalue weighted by atomic mass is 32.1. The summed E-state index contributed by atoms with van der Waals surface area (Å²) in [5.74, 6) is -0.382. The van der Waals surface area contributed by atoms with Crippen LogP contribution >= 0.6 is 11.3 Å². The van der Waals surface area contributed by atoms with E-state index in [1.807, 2.05) is 55.6 Å². The number of thiophene rings is 1. The fourth-order valence-corrected chi connectivity index (χ4v) is 3.54. The number of hydrogen-bond donors (Lipinski definition) is 2. The lowest BCUT2D eigenvalue weighted by Gasteiger charge is -2.23. The highest BCUT2D eigenvalue weighted by Gasteiger charge is 2.22. The van der Waals surface area contributed by atoms with Crippen molar-refractivity contribution in [3.63, 3.8) is 0 Å². The Bertz CT molecular complexity index is 862. The van der Waals surface area contributed by atoms with Crippen LogP contribution < -0.4 is 10.6 Å². The topological polar surface area (TPSA) is 41.1 Å². The first-order valence-corrected chi connectivity index (χ1v) is 9.34. The summed E-state index contributed by atoms with van der Waals surface area (Å²) >= 11 is 1.60. The van der Waals surface area contributed by atoms with Crippen LogP contribution in [0, 0.1) is 12.7 Å². The third-order valence-corrected chi connectivity index (χ3v) is 5.18. The summed E-state index contributed by atoms with van der Waals surface area (Å²) in [6, 6.07) is 17.4. The number of halogens is 1. The molecular formula is C21H21FN2OS. The molecule has 0 fully saturated rings. The molecule has 26 heavy (non-hydrogen) atoms. The molecule has 2 atom stereocenters. The summed E-state index contributed by atoms with van der Waals surface area (Å²) in [7, 11) is 0. The molecule has 2 aromatic carbocycles. The zero-order valence-corrected chi connectivity index (χ0v) is 15.5. The van der Waals surface area contributed by atoms with E-state index in [1.165, 1.54) is 12.1 Å². The van der Waals surface area contributed by atoms with Crippen molar-refractivity contribution in [3.8, 4) is 0 Å². The predicted octanol–water partition coefficient (Wildman–Crippen LogP) is 4.90. The summed E-state index contributed by atoms with van der Waals surface area (Å²) in [6.45, 7) is 3.79. The molecule has 1 aromatic heterocycles. The van der Waals surface area contributed by atoms with E-state index in [0.29, 0.717) is 0 Å². The highest BCUT2D eigenvalue weighted by Crippen LogP contribution is 2.27. The zero-order chi connectivity index (χ0) is 18.5. The summed E-state index contributed by atoms with van der Waals surface area (Å²) in [5, 5.41) is 8.33. The maximum atomic E-state index is 13.3. The Balaban J connectivity index is 1.77. The van der Waals surface area contributed by atoms with Gasteiger partial charge in [-0.15, -0.1) is 11.3 Å². The van der Waals surface area contributed by atoms with Crippen molar-refractivity contribution in [1.29, 1.82) is 0 Å². The Morgan fingerprint density at radius 3 is 2.42 bits per heavy atom. The van der Waals surface area contributed by atoms with E-state index in [2.05, 4.69) is 10.6 Å². The van der Waals surface area contributed by atoms with E-state index < -0.39 is 6.04 Å². The van der Waals surface area contributed by atoms with Gasteiger partial charge in [0.2, 0.25) is 5.91 Å². The lowest BCUT2D eigenvalue weighted by Crippen LogP contribution is -2.40. The lowest BCUT2D eigenvalue weighted by molar-refractivity contribution is -0.117. The Morgan fingerprint density at radius 2 is 1.77 bits per heavy atom. The molecule has 0 spiro atoms. The number of nitrogens with one attached hydrogen (secondary N) is 2. The molecular weight excluding hydrogens is 347 g/mol. The molecule has 3 nitrogen and oxygen atoms in total. The van der Waals surface area contributed by atoms with Gasteiger partial charge in [0.05, 0.1) is 12.1 Å². The van der Waals surface area contributed by atoms with Crippen molar-refractivity contribution in [2.24, 2.45) is 0 Å². The number of aryl methyl sites for hydroxylation is 1. The molecule has 1 amide bonds. The van der Waals surface area contributed by atoms with Crippen molar-refractivity contribution in [2.45, 2.75) is 25.9 Å². The summed E-state index contributed by atoms with van der Waals surface area (Å²) < 4.78 is 13.3. The van der Waals surface area contributed by atoms with Crippen LogP contribution in [0.1, 0.15) is 29.0 Å². The van der Waals surface area contributed by atoms with Gasteiger partial charge >= 0.3 is 0 Å². The number of hydrogen-bond acceptors (Lipinski definition) is 3. The molecule has 0 saturated carbocycles. The monoisotopic (exact) mass is 368 g/mol. The van der Waals surface area contributed by atoms with Crippen LogP contribution in [0.5, 0.6) is 0 Å². The van der Waals surface area contributed by atoms with E-state index in [9.17, 15) is 9.18 Å². The van der Waals surface area contributed by atoms with Gasteiger partial charge in [-0.2, -0.15) is 0 Å². The zero-order valence-electron chi connectivity index (χ0n) is 14.7. The van der Waals surface area contributed by atoms with E-state index in [0.717, 1.165) is 21.7 Å². The molecule has 0 radical (unpaired) electrons. The highest BCUT2D eigenvalue weighted by molar-refractivity contribution is 7.10. The molecule has 0 aliphatic carbocycles. The van der Waals surface area contributed by atoms with Gasteiger partial charge in [-0.25, -0.2) is 4.39 Å². The van der Waals surface area contributed by atoms with Crippen LogP contribution in [0.4, 0.5) is 10.1 Å². The molecule has 3 rings (SSSR count). The van der Waals surface area contributed by atoms with E-state index in [1.54, 1.807) is 23.5 Å². The van der Waals surface area contributed by atoms with E-state index in [-0.39, 0.29) is 17.8 Å². The standard InChI is InChI=1S/C21H21FN2OS/c1-14-6-3-4-7-18(14)24-21(25)15(2)23-20(19-8-5-13-26-19)16-9-11-17(22)12-10-16/h3-13,15,20,23H,1-2H3,(H,24,25)/t15-,20+/m0/s1. The van der Waals surface area contributed by atoms with Crippen molar-refractivity contribution >= 4 is 22.9 Å². The Kier molecular flexibility index (Phi) is 5.81. The SMILES string of the molecule is Cc1ccccc1NC(=O)[C@H](C)N[C@H](c1ccc(F)cc1)c1cccs1. The molecule has 2 N–H and O–H groups in total. The number of benzene rings is 2. The van der Waals surface area contributed by atoms with E-state index in [4.69, 9.17) is 0 Å². The minimum atomic E-state index is -0.424. The van der Waals surface area contributed by atoms with Crippen molar-refractivity contribution in [3.05, 3.63) is 87.9 Å². The first-order valence-electron chi connectivity index (χ1n) is 8.46. The lowest BCUT2D eigenvalue weighted by atomic mass is 10.0. The van der Waals surface area contributed by atoms with Gasteiger partial charge in [0, 0.05) is 10.6 Å². The first kappa shape index (κ1) is 18.3. The molecule has 134 valence electrons. The van der Waals surface area contributed by atoms with Gasteiger partial charge in [-0.1, -0.05) is 36.4 Å². The third kappa shape index (κ3) is 4.36. The summed E-state index contributed by atoms with van der Waals surface area (Å²) in [4.78, 5) is 13.7. The van der Waals surface area contributed by atoms with Crippen molar-refractivity contribution < 1.29 is 9.18 Å². The largest absolute Gasteiger partial charge is 0.324 e. The molecule has 0 saturated heterocycles. The van der Waals surface area contributed by atoms with Gasteiger partial charge < -0.3 is 5.32 Å². The van der Waals surface area contributed by atoms with E-state index >= 15 is 0 Å². The van der Waals surface area contributed by atoms with Crippen molar-refractivity contribution in [2.75, 3.05) is 5.32 Å².